The fourth-order valence-electron chi connectivity index (χ4n) is 24.4. The average Bonchev–Trinajstić information content (AvgIpc) is 2.16. The first-order chi connectivity index (χ1) is 64.6. The van der Waals surface area contributed by atoms with Gasteiger partial charge in [-0.15, -0.1) is 0 Å². The fraction of sp³-hybridized carbons (Fsp3) is 0.680. The smallest absolute Gasteiger partial charge is 0.408 e. The molecular weight excluding hydrogens is 1880 g/mol. The van der Waals surface area contributed by atoms with E-state index in [4.69, 9.17) is 67.8 Å². The van der Waals surface area contributed by atoms with E-state index in [0.29, 0.717) is 135 Å². The number of rotatable bonds is 9. The average molecular weight is 2020 g/mol. The zero-order valence-corrected chi connectivity index (χ0v) is 85.6. The molecule has 10 unspecified atom stereocenters. The van der Waals surface area contributed by atoms with E-state index in [-0.39, 0.29) is 141 Å². The Labute approximate surface area is 841 Å². The van der Waals surface area contributed by atoms with Crippen molar-refractivity contribution in [2.45, 2.75) is 309 Å². The van der Waals surface area contributed by atoms with Crippen LogP contribution in [0.15, 0.2) is 54.6 Å². The van der Waals surface area contributed by atoms with Crippen molar-refractivity contribution in [2.75, 3.05) is 33.9 Å². The molecule has 6 aliphatic heterocycles. The summed E-state index contributed by atoms with van der Waals surface area (Å²) < 4.78 is 79.3. The van der Waals surface area contributed by atoms with Gasteiger partial charge >= 0.3 is 24.9 Å². The molecule has 743 valence electrons. The van der Waals surface area contributed by atoms with E-state index >= 15 is 0 Å². The number of benzene rings is 3. The Kier molecular flexibility index (Phi) is 31.6. The molecule has 28 atom stereocenters. The van der Waals surface area contributed by atoms with Crippen LogP contribution in [0.1, 0.15) is 240 Å². The molecule has 3 saturated heterocycles. The van der Waals surface area contributed by atoms with Crippen molar-refractivity contribution < 1.29 is 150 Å². The van der Waals surface area contributed by atoms with Crippen molar-refractivity contribution in [3.05, 3.63) is 71.7 Å². The molecule has 3 aromatic carbocycles. The number of aromatic nitrogens is 6. The summed E-state index contributed by atoms with van der Waals surface area (Å²) in [4.78, 5) is 154. The van der Waals surface area contributed by atoms with E-state index in [0.717, 1.165) is 119 Å². The third-order valence-corrected chi connectivity index (χ3v) is 32.3. The molecule has 9 heterocycles. The first-order valence-corrected chi connectivity index (χ1v) is 49.5. The third-order valence-electron chi connectivity index (χ3n) is 32.3. The number of hydrogen-bond acceptors (Lipinski definition) is 24. The van der Waals surface area contributed by atoms with E-state index in [1.807, 2.05) is 119 Å². The SMILES string of the molecule is CC[C@@H]1[C@@H]2CN(C(=O)[C@H](C(C)(C)C)NC(=O)O[C@@H]3CC4CC4[C@H]3CCCC3CC3c3nc4ccc(OC)cc4nc3O2)[C@@H]1[C-]=O.CC[C@@H]1[C@@H]2CN(C(=O)[C@H](C(C)(C)C)NC(=O)O[C@@H]3CC4CC4[C@H]3CCCCCc3nc4ccc(OC(F)F)cc4nc3O2)[C@@H]1[C-]=O.COc1ccc2nc3c(nc2c1)O[C@H]1CN(C(=O)[C@H](C(C)(C)C)NC(=O)O[C@@H]2CC4CC4[C@H]2CCCC2CC32)[C@H]([C-]=O)[C@@H]1C.[V].[V].[V]. The Morgan fingerprint density at radius 3 is 1.16 bits per heavy atom. The van der Waals surface area contributed by atoms with Gasteiger partial charge in [-0.25, -0.2) is 63.1 Å². The molecule has 3 aromatic heterocycles. The van der Waals surface area contributed by atoms with Crippen molar-refractivity contribution in [1.82, 2.24) is 60.6 Å². The van der Waals surface area contributed by atoms with Crippen LogP contribution in [0.4, 0.5) is 23.2 Å². The molecule has 6 aromatic rings. The first kappa shape index (κ1) is 104. The Morgan fingerprint density at radius 1 is 0.406 bits per heavy atom. The van der Waals surface area contributed by atoms with Crippen LogP contribution in [-0.2, 0) is 105 Å². The van der Waals surface area contributed by atoms with Gasteiger partial charge < -0.3 is 87.7 Å². The Balaban J connectivity index is 0.000000155. The second-order valence-corrected chi connectivity index (χ2v) is 44.2. The number of alkyl carbamates (subject to hydrolysis) is 3. The first-order valence-electron chi connectivity index (χ1n) is 49.5. The van der Waals surface area contributed by atoms with Crippen molar-refractivity contribution in [3.63, 3.8) is 0 Å². The predicted octanol–water partition coefficient (Wildman–Crippen LogP) is 15.6. The molecular formula is C103H131F2N12O18V3-3. The minimum absolute atomic E-state index is 0. The number of nitrogens with zero attached hydrogens (tertiary/aromatic N) is 9. The molecule has 35 heteroatoms. The predicted molar refractivity (Wildman–Crippen MR) is 493 cm³/mol. The summed E-state index contributed by atoms with van der Waals surface area (Å²) >= 11 is 0. The largest absolute Gasteiger partial charge is 0.540 e. The van der Waals surface area contributed by atoms with Crippen molar-refractivity contribution in [3.8, 4) is 34.9 Å². The van der Waals surface area contributed by atoms with Gasteiger partial charge in [0, 0.05) is 85.7 Å². The fourth-order valence-corrected chi connectivity index (χ4v) is 24.4. The molecule has 6 amide bonds. The number of alkyl halides is 2. The van der Waals surface area contributed by atoms with Crippen molar-refractivity contribution in [1.29, 1.82) is 0 Å². The Hall–Kier alpha value is -8.68. The van der Waals surface area contributed by atoms with E-state index in [1.54, 1.807) is 20.3 Å². The van der Waals surface area contributed by atoms with E-state index in [9.17, 15) is 51.9 Å². The Morgan fingerprint density at radius 2 is 0.768 bits per heavy atom. The topological polar surface area (TPSA) is 360 Å². The molecule has 3 radical (unpaired) electrons. The summed E-state index contributed by atoms with van der Waals surface area (Å²) in [5.74, 6) is 6.53. The van der Waals surface area contributed by atoms with Crippen LogP contribution in [0.5, 0.6) is 34.9 Å². The standard InChI is InChI=1S/C35H45N4O6.C34H43F2N4O6.C34H43N4O6.3V/c1-6-21-27(17-40)39-16-29(21)44-32-30(36-25-11-10-20(43-5)15-26(25)37-32)24-12-18(24)8-7-9-22-23-13-19(23)14-28(22)45-34(42)38-31(33(39)41)35(2,3)4;1-5-20-26(17-41)40-16-28(20)45-30-24(37-23-12-11-19(44-32(35)36)15-25(23)38-30)10-8-6-7-9-21-22-13-18(22)14-27(21)46-33(43)39-29(31(40)42)34(2,3)4;1-17-26(16-39)38-15-28(17)43-31-29(35-24-10-9-20(42-5)14-25(24)36-31)23-11-18(23)7-6-8-21-22-12-19(22)13-27(21)44-33(41)37-30(32(38)40)34(2,3)4;;;/h10-11,15,18-19,21-24,27-29,31H,6-9,12-14,16H2,1-5H3,(H,38,42);11-12,15,18,20-22,26-29,32H,5-10,13-14,16H2,1-4H3,(H,39,43);9-10,14,17-19,21-23,26-28,30H,6-8,11-13,15H2,1-5H3,(H,37,41);;;/q3*-1;;;/t18?,19?,21-,22+,23?,24?,27+,28+,29-,31+;18?,20-,21+,22?,26+,27+,28-,29+;17-,18?,19?,21+,22?,23?,26+,27+,28-,30+;;;/m000.../s1. The molecule has 138 heavy (non-hydrogen) atoms. The minimum Gasteiger partial charge on any atom is -0.540 e. The van der Waals surface area contributed by atoms with E-state index < -0.39 is 108 Å². The summed E-state index contributed by atoms with van der Waals surface area (Å²) in [7, 11) is 3.24. The van der Waals surface area contributed by atoms with Crippen LogP contribution >= 0.6 is 0 Å². The second kappa shape index (κ2) is 42.1. The summed E-state index contributed by atoms with van der Waals surface area (Å²) in [6.07, 6.45) is 22.6. The van der Waals surface area contributed by atoms with Gasteiger partial charge in [0.1, 0.15) is 89.1 Å². The molecule has 0 spiro atoms. The van der Waals surface area contributed by atoms with Crippen LogP contribution in [0.3, 0.4) is 0 Å². The maximum atomic E-state index is 14.2. The van der Waals surface area contributed by atoms with Gasteiger partial charge in [0.05, 0.1) is 67.0 Å². The summed E-state index contributed by atoms with van der Waals surface area (Å²) in [5.41, 5.74) is 4.17. The monoisotopic (exact) mass is 2010 g/mol. The van der Waals surface area contributed by atoms with Crippen molar-refractivity contribution in [2.24, 2.45) is 99.1 Å². The zero-order valence-electron chi connectivity index (χ0n) is 81.4. The molecule has 8 saturated carbocycles. The number of ether oxygens (including phenoxy) is 9. The molecule has 8 aliphatic carbocycles. The number of nitrogens with one attached hydrogen (secondary N) is 3. The molecule has 14 aliphatic rings. The van der Waals surface area contributed by atoms with Gasteiger partial charge in [-0.3, -0.25) is 14.4 Å². The zero-order chi connectivity index (χ0) is 95.3. The number of halogens is 2. The van der Waals surface area contributed by atoms with Crippen LogP contribution in [0.25, 0.3) is 33.1 Å². The van der Waals surface area contributed by atoms with E-state index in [2.05, 4.69) is 39.5 Å². The Bertz CT molecular complexity index is 5500. The van der Waals surface area contributed by atoms with Crippen LogP contribution in [0.2, 0.25) is 0 Å². The number of carbonyl (C=O) groups excluding carboxylic acids is 9. The van der Waals surface area contributed by atoms with Crippen molar-refractivity contribution >= 4 is 88.0 Å². The van der Waals surface area contributed by atoms with Gasteiger partial charge in [-0.1, -0.05) is 140 Å². The summed E-state index contributed by atoms with van der Waals surface area (Å²) in [6.45, 7) is 20.3. The number of aryl methyl sites for hydroxylation is 1. The number of carbonyl (C=O) groups is 6. The quantitative estimate of drug-likeness (QED) is 0.0894. The number of hydrogen-bond donors (Lipinski definition) is 3. The summed E-state index contributed by atoms with van der Waals surface area (Å²) in [6, 6.07) is 10.5. The summed E-state index contributed by atoms with van der Waals surface area (Å²) in [5, 5.41) is 8.67. The van der Waals surface area contributed by atoms with E-state index in [1.165, 1.54) is 46.1 Å². The van der Waals surface area contributed by atoms with Gasteiger partial charge in [0.25, 0.3) is 0 Å². The van der Waals surface area contributed by atoms with Crippen LogP contribution in [0, 0.1) is 99.1 Å². The molecule has 3 N–H and O–H groups in total. The third kappa shape index (κ3) is 21.9. The molecule has 11 fully saturated rings. The number of methoxy groups -OCH3 is 2. The van der Waals surface area contributed by atoms with Crippen LogP contribution < -0.4 is 44.4 Å². The van der Waals surface area contributed by atoms with Gasteiger partial charge in [-0.2, -0.15) is 8.78 Å². The molecule has 20 rings (SSSR count). The maximum absolute atomic E-state index is 14.2. The van der Waals surface area contributed by atoms with Gasteiger partial charge in [0.15, 0.2) is 0 Å². The second-order valence-electron chi connectivity index (χ2n) is 44.2. The maximum Gasteiger partial charge on any atom is 0.408 e. The minimum atomic E-state index is -2.98. The normalized spacial score (nSPS) is 34.2. The molecule has 6 bridgehead atoms. The van der Waals surface area contributed by atoms with Gasteiger partial charge in [0.2, 0.25) is 35.4 Å². The molecule has 30 nitrogen and oxygen atoms in total. The number of amides is 6. The number of fused-ring (bicyclic) bond motifs is 25. The van der Waals surface area contributed by atoms with Crippen LogP contribution in [-0.4, -0.2) is 213 Å². The van der Waals surface area contributed by atoms with Gasteiger partial charge in [-0.05, 0) is 232 Å².